The van der Waals surface area contributed by atoms with Crippen molar-refractivity contribution in [1.82, 2.24) is 5.32 Å². The van der Waals surface area contributed by atoms with E-state index in [2.05, 4.69) is 10.6 Å². The Balaban J connectivity index is 2.11. The summed E-state index contributed by atoms with van der Waals surface area (Å²) in [6.45, 7) is 6.23. The lowest BCUT2D eigenvalue weighted by atomic mass is 9.92. The standard InChI is InChI=1S/C21H26N2O4S/c1-21(2,3)11-19(25)22-12-15-7-16(20(26)27-4)10-17(8-15)23-18(24)9-14-5-6-28-13-14/h5-8,10,13H,9,11-12H2,1-4H3,(H,22,25)(H,23,24). The highest BCUT2D eigenvalue weighted by atomic mass is 32.1. The van der Waals surface area contributed by atoms with Crippen molar-refractivity contribution in [3.63, 3.8) is 0 Å². The molecule has 0 aliphatic rings. The molecule has 28 heavy (non-hydrogen) atoms. The Morgan fingerprint density at radius 1 is 1.07 bits per heavy atom. The summed E-state index contributed by atoms with van der Waals surface area (Å²) in [6.07, 6.45) is 0.650. The summed E-state index contributed by atoms with van der Waals surface area (Å²) in [5.41, 5.74) is 2.33. The molecule has 0 radical (unpaired) electrons. The summed E-state index contributed by atoms with van der Waals surface area (Å²) in [6, 6.07) is 6.86. The van der Waals surface area contributed by atoms with Crippen LogP contribution in [-0.2, 0) is 27.3 Å². The zero-order chi connectivity index (χ0) is 20.7. The maximum absolute atomic E-state index is 12.3. The van der Waals surface area contributed by atoms with Crippen molar-refractivity contribution in [3.8, 4) is 0 Å². The van der Waals surface area contributed by atoms with Crippen molar-refractivity contribution < 1.29 is 19.1 Å². The zero-order valence-electron chi connectivity index (χ0n) is 16.6. The molecule has 0 atom stereocenters. The van der Waals surface area contributed by atoms with Crippen LogP contribution in [-0.4, -0.2) is 24.9 Å². The molecule has 1 aromatic carbocycles. The molecule has 2 N–H and O–H groups in total. The van der Waals surface area contributed by atoms with Crippen LogP contribution in [0.4, 0.5) is 5.69 Å². The average Bonchev–Trinajstić information content (AvgIpc) is 3.10. The van der Waals surface area contributed by atoms with Gasteiger partial charge in [0.2, 0.25) is 11.8 Å². The molecule has 0 bridgehead atoms. The zero-order valence-corrected chi connectivity index (χ0v) is 17.4. The number of rotatable bonds is 7. The number of methoxy groups -OCH3 is 1. The Morgan fingerprint density at radius 2 is 1.82 bits per heavy atom. The van der Waals surface area contributed by atoms with Crippen molar-refractivity contribution >= 4 is 34.8 Å². The maximum atomic E-state index is 12.3. The molecule has 1 heterocycles. The van der Waals surface area contributed by atoms with E-state index in [4.69, 9.17) is 4.74 Å². The Bertz CT molecular complexity index is 839. The van der Waals surface area contributed by atoms with Gasteiger partial charge in [-0.05, 0) is 51.6 Å². The first kappa shape index (κ1) is 21.6. The highest BCUT2D eigenvalue weighted by Crippen LogP contribution is 2.19. The van der Waals surface area contributed by atoms with E-state index in [0.29, 0.717) is 23.2 Å². The molecular formula is C21H26N2O4S. The number of hydrogen-bond acceptors (Lipinski definition) is 5. The van der Waals surface area contributed by atoms with Gasteiger partial charge >= 0.3 is 5.97 Å². The summed E-state index contributed by atoms with van der Waals surface area (Å²) < 4.78 is 4.79. The lowest BCUT2D eigenvalue weighted by molar-refractivity contribution is -0.123. The number of thiophene rings is 1. The van der Waals surface area contributed by atoms with Crippen LogP contribution in [0.15, 0.2) is 35.0 Å². The van der Waals surface area contributed by atoms with E-state index in [-0.39, 0.29) is 30.2 Å². The number of benzene rings is 1. The molecule has 2 aromatic rings. The monoisotopic (exact) mass is 402 g/mol. The van der Waals surface area contributed by atoms with E-state index in [1.54, 1.807) is 18.2 Å². The first-order chi connectivity index (χ1) is 13.2. The third kappa shape index (κ3) is 7.15. The molecular weight excluding hydrogens is 376 g/mol. The molecule has 0 spiro atoms. The van der Waals surface area contributed by atoms with Crippen LogP contribution in [0.1, 0.15) is 48.7 Å². The number of carbonyl (C=O) groups excluding carboxylic acids is 3. The first-order valence-corrected chi connectivity index (χ1v) is 9.90. The Hall–Kier alpha value is -2.67. The summed E-state index contributed by atoms with van der Waals surface area (Å²) in [5, 5.41) is 9.50. The number of carbonyl (C=O) groups is 3. The predicted molar refractivity (Wildman–Crippen MR) is 110 cm³/mol. The fourth-order valence-electron chi connectivity index (χ4n) is 2.63. The maximum Gasteiger partial charge on any atom is 0.337 e. The first-order valence-electron chi connectivity index (χ1n) is 8.96. The van der Waals surface area contributed by atoms with Crippen LogP contribution < -0.4 is 10.6 Å². The van der Waals surface area contributed by atoms with Crippen LogP contribution in [0.3, 0.4) is 0 Å². The van der Waals surface area contributed by atoms with Crippen molar-refractivity contribution in [3.05, 3.63) is 51.7 Å². The number of anilines is 1. The molecule has 0 saturated heterocycles. The van der Waals surface area contributed by atoms with Crippen LogP contribution in [0.2, 0.25) is 0 Å². The van der Waals surface area contributed by atoms with Gasteiger partial charge in [0.05, 0.1) is 19.1 Å². The van der Waals surface area contributed by atoms with Crippen molar-refractivity contribution in [2.45, 2.75) is 40.2 Å². The van der Waals surface area contributed by atoms with Gasteiger partial charge in [-0.2, -0.15) is 11.3 Å². The topological polar surface area (TPSA) is 84.5 Å². The summed E-state index contributed by atoms with van der Waals surface area (Å²) in [5.74, 6) is -0.752. The van der Waals surface area contributed by atoms with E-state index in [1.165, 1.54) is 18.4 Å². The summed E-state index contributed by atoms with van der Waals surface area (Å²) >= 11 is 1.53. The quantitative estimate of drug-likeness (QED) is 0.691. The highest BCUT2D eigenvalue weighted by molar-refractivity contribution is 7.08. The van der Waals surface area contributed by atoms with Gasteiger partial charge in [0.15, 0.2) is 0 Å². The largest absolute Gasteiger partial charge is 0.465 e. The molecule has 0 fully saturated rings. The Morgan fingerprint density at radius 3 is 2.43 bits per heavy atom. The number of hydrogen-bond donors (Lipinski definition) is 2. The van der Waals surface area contributed by atoms with E-state index >= 15 is 0 Å². The van der Waals surface area contributed by atoms with E-state index in [1.807, 2.05) is 37.6 Å². The lowest BCUT2D eigenvalue weighted by Gasteiger charge is -2.17. The predicted octanol–water partition coefficient (Wildman–Crippen LogP) is 3.77. The molecule has 7 heteroatoms. The third-order valence-corrected chi connectivity index (χ3v) is 4.56. The molecule has 2 amide bonds. The minimum absolute atomic E-state index is 0.0704. The number of nitrogens with one attached hydrogen (secondary N) is 2. The normalized spacial score (nSPS) is 11.0. The molecule has 2 rings (SSSR count). The fraction of sp³-hybridized carbons (Fsp3) is 0.381. The lowest BCUT2D eigenvalue weighted by Crippen LogP contribution is -2.27. The number of amides is 2. The van der Waals surface area contributed by atoms with Gasteiger partial charge in [-0.25, -0.2) is 4.79 Å². The average molecular weight is 403 g/mol. The SMILES string of the molecule is COC(=O)c1cc(CNC(=O)CC(C)(C)C)cc(NC(=O)Cc2ccsc2)c1. The minimum atomic E-state index is -0.504. The number of esters is 1. The van der Waals surface area contributed by atoms with Crippen molar-refractivity contribution in [2.24, 2.45) is 5.41 Å². The molecule has 0 saturated carbocycles. The van der Waals surface area contributed by atoms with E-state index in [9.17, 15) is 14.4 Å². The second-order valence-corrected chi connectivity index (χ2v) is 8.56. The van der Waals surface area contributed by atoms with Crippen molar-refractivity contribution in [1.29, 1.82) is 0 Å². The van der Waals surface area contributed by atoms with E-state index in [0.717, 1.165) is 5.56 Å². The highest BCUT2D eigenvalue weighted by Gasteiger charge is 2.16. The third-order valence-electron chi connectivity index (χ3n) is 3.82. The van der Waals surface area contributed by atoms with Crippen LogP contribution in [0.5, 0.6) is 0 Å². The molecule has 0 aliphatic carbocycles. The molecule has 1 aromatic heterocycles. The summed E-state index contributed by atoms with van der Waals surface area (Å²) in [7, 11) is 1.30. The van der Waals surface area contributed by atoms with Crippen molar-refractivity contribution in [2.75, 3.05) is 12.4 Å². The summed E-state index contributed by atoms with van der Waals surface area (Å²) in [4.78, 5) is 36.3. The van der Waals surface area contributed by atoms with E-state index < -0.39 is 5.97 Å². The Kier molecular flexibility index (Phi) is 7.34. The molecule has 150 valence electrons. The van der Waals surface area contributed by atoms with Gasteiger partial charge in [0.1, 0.15) is 0 Å². The van der Waals surface area contributed by atoms with Gasteiger partial charge in [-0.3, -0.25) is 9.59 Å². The molecule has 6 nitrogen and oxygen atoms in total. The minimum Gasteiger partial charge on any atom is -0.465 e. The van der Waals surface area contributed by atoms with Gasteiger partial charge in [0.25, 0.3) is 0 Å². The molecule has 0 unspecified atom stereocenters. The van der Waals surface area contributed by atoms with Crippen LogP contribution in [0, 0.1) is 5.41 Å². The second-order valence-electron chi connectivity index (χ2n) is 7.78. The van der Waals surface area contributed by atoms with Gasteiger partial charge in [-0.15, -0.1) is 0 Å². The molecule has 0 aliphatic heterocycles. The van der Waals surface area contributed by atoms with Gasteiger partial charge in [0, 0.05) is 18.7 Å². The second kappa shape index (κ2) is 9.50. The Labute approximate surface area is 169 Å². The van der Waals surface area contributed by atoms with Crippen LogP contribution in [0.25, 0.3) is 0 Å². The fourth-order valence-corrected chi connectivity index (χ4v) is 3.30. The smallest absolute Gasteiger partial charge is 0.337 e. The van der Waals surface area contributed by atoms with Crippen LogP contribution >= 0.6 is 11.3 Å². The van der Waals surface area contributed by atoms with Gasteiger partial charge in [-0.1, -0.05) is 20.8 Å². The van der Waals surface area contributed by atoms with Gasteiger partial charge < -0.3 is 15.4 Å². The number of ether oxygens (including phenoxy) is 1.